The van der Waals surface area contributed by atoms with Gasteiger partial charge in [-0.25, -0.2) is 14.4 Å². The van der Waals surface area contributed by atoms with Crippen molar-refractivity contribution in [3.05, 3.63) is 144 Å². The van der Waals surface area contributed by atoms with Crippen molar-refractivity contribution in [1.29, 1.82) is 0 Å². The number of hydrogen-bond donors (Lipinski definition) is 5. The molecule has 0 aromatic heterocycles. The lowest BCUT2D eigenvalue weighted by Gasteiger charge is -2.32. The van der Waals surface area contributed by atoms with Gasteiger partial charge in [0.25, 0.3) is 5.91 Å². The van der Waals surface area contributed by atoms with E-state index in [4.69, 9.17) is 18.7 Å². The van der Waals surface area contributed by atoms with E-state index in [0.717, 1.165) is 23.1 Å². The fourth-order valence-corrected chi connectivity index (χ4v) is 9.64. The monoisotopic (exact) mass is 995 g/mol. The third kappa shape index (κ3) is 18.0. The van der Waals surface area contributed by atoms with Crippen LogP contribution in [0.15, 0.2) is 121 Å². The van der Waals surface area contributed by atoms with Crippen LogP contribution in [0.25, 0.3) is 0 Å². The number of carbonyl (C=O) groups excluding carboxylic acids is 6. The van der Waals surface area contributed by atoms with E-state index < -0.39 is 61.5 Å². The van der Waals surface area contributed by atoms with Gasteiger partial charge in [0.15, 0.2) is 0 Å². The third-order valence-corrected chi connectivity index (χ3v) is 14.1. The first-order valence-corrected chi connectivity index (χ1v) is 26.2. The van der Waals surface area contributed by atoms with Crippen LogP contribution in [0, 0.1) is 5.92 Å². The van der Waals surface area contributed by atoms with Gasteiger partial charge in [-0.2, -0.15) is 0 Å². The summed E-state index contributed by atoms with van der Waals surface area (Å²) < 4.78 is 37.0. The van der Waals surface area contributed by atoms with Crippen LogP contribution in [-0.2, 0) is 68.7 Å². The van der Waals surface area contributed by atoms with Gasteiger partial charge in [-0.3, -0.25) is 23.5 Å². The number of alkyl carbamates (subject to hydrolysis) is 2. The number of benzene rings is 4. The van der Waals surface area contributed by atoms with Crippen molar-refractivity contribution in [3.8, 4) is 0 Å². The molecular weight excluding hydrogens is 930 g/mol. The highest BCUT2D eigenvalue weighted by Gasteiger charge is 2.44. The first-order chi connectivity index (χ1) is 34.4. The molecule has 1 saturated heterocycles. The predicted octanol–water partition coefficient (Wildman–Crippen LogP) is 7.45. The van der Waals surface area contributed by atoms with Crippen molar-refractivity contribution in [1.82, 2.24) is 26.2 Å². The molecule has 71 heavy (non-hydrogen) atoms. The number of unbranched alkanes of at least 4 members (excludes halogenated alkanes) is 2. The van der Waals surface area contributed by atoms with Crippen molar-refractivity contribution in [3.63, 3.8) is 0 Å². The van der Waals surface area contributed by atoms with Crippen molar-refractivity contribution in [2.24, 2.45) is 5.92 Å². The zero-order valence-corrected chi connectivity index (χ0v) is 40.9. The highest BCUT2D eigenvalue weighted by atomic mass is 31.2. The Morgan fingerprint density at radius 3 is 1.61 bits per heavy atom. The summed E-state index contributed by atoms with van der Waals surface area (Å²) in [4.78, 5) is 93.8. The normalized spacial score (nSPS) is 16.5. The smallest absolute Gasteiger partial charge is 0.407 e. The second-order valence-corrected chi connectivity index (χ2v) is 19.8. The largest absolute Gasteiger partial charge is 0.459 e. The number of likely N-dealkylation sites (tertiary alicyclic amines) is 1. The minimum absolute atomic E-state index is 0.00552. The molecule has 380 valence electrons. The summed E-state index contributed by atoms with van der Waals surface area (Å²) in [5, 5.41) is 11.0. The summed E-state index contributed by atoms with van der Waals surface area (Å²) in [6, 6.07) is 34.2. The molecular formula is C53H66N5O12P. The highest BCUT2D eigenvalue weighted by molar-refractivity contribution is 7.53. The molecule has 0 radical (unpaired) electrons. The van der Waals surface area contributed by atoms with Crippen molar-refractivity contribution < 1.29 is 57.0 Å². The van der Waals surface area contributed by atoms with Crippen LogP contribution in [0.3, 0.4) is 0 Å². The van der Waals surface area contributed by atoms with Gasteiger partial charge in [0.05, 0.1) is 0 Å². The average molecular weight is 996 g/mol. The fourth-order valence-electron chi connectivity index (χ4n) is 8.20. The zero-order valence-electron chi connectivity index (χ0n) is 40.0. The number of nitrogens with one attached hydrogen (secondary N) is 4. The maximum atomic E-state index is 14.8. The lowest BCUT2D eigenvalue weighted by Crippen LogP contribution is -2.52. The number of ether oxygens (including phenoxy) is 3. The van der Waals surface area contributed by atoms with Crippen LogP contribution in [-0.4, -0.2) is 89.3 Å². The van der Waals surface area contributed by atoms with Crippen LogP contribution < -0.4 is 21.3 Å². The van der Waals surface area contributed by atoms with E-state index >= 15 is 0 Å². The van der Waals surface area contributed by atoms with Gasteiger partial charge in [-0.15, -0.1) is 0 Å². The van der Waals surface area contributed by atoms with Crippen LogP contribution >= 0.6 is 7.60 Å². The van der Waals surface area contributed by atoms with Crippen molar-refractivity contribution >= 4 is 43.5 Å². The molecule has 2 unspecified atom stereocenters. The molecule has 0 bridgehead atoms. The minimum atomic E-state index is -5.00. The van der Waals surface area contributed by atoms with Gasteiger partial charge in [-0.05, 0) is 86.5 Å². The standard InChI is InChI=1S/C53H66N5O12P/c59-48(43-27-17-28-43)56-44(29-13-15-32-54-52(63)68-37-41-23-9-3-10-24-41)49(60)57-47(35-39-19-5-1-6-20-39)71(65,66)70-46(31-14-16-33-55-53(64)69-38-42-25-11-4-12-26-42)50(61)58-34-18-30-45(58)51(62)67-36-40-21-7-2-8-22-40/h1-12,19-26,43-47H,13-18,27-38H2,(H,54,63)(H,55,64)(H,56,59)(H,57,60)(H,65,66)/t44-,45-,46-,47?/m0/s1. The number of nitrogens with zero attached hydrogens (tertiary/aromatic N) is 1. The number of esters is 1. The van der Waals surface area contributed by atoms with E-state index in [1.54, 1.807) is 30.3 Å². The van der Waals surface area contributed by atoms with Gasteiger partial charge in [0.1, 0.15) is 43.8 Å². The van der Waals surface area contributed by atoms with Gasteiger partial charge < -0.3 is 45.3 Å². The summed E-state index contributed by atoms with van der Waals surface area (Å²) in [5.41, 5.74) is 3.01. The van der Waals surface area contributed by atoms with E-state index in [9.17, 15) is 38.2 Å². The Morgan fingerprint density at radius 1 is 0.606 bits per heavy atom. The van der Waals surface area contributed by atoms with E-state index in [2.05, 4.69) is 21.3 Å². The number of rotatable bonds is 27. The van der Waals surface area contributed by atoms with Crippen LogP contribution in [0.5, 0.6) is 0 Å². The molecule has 2 fully saturated rings. The van der Waals surface area contributed by atoms with Gasteiger partial charge in [0, 0.05) is 32.0 Å². The van der Waals surface area contributed by atoms with E-state index in [0.29, 0.717) is 50.5 Å². The number of carbonyl (C=O) groups is 6. The van der Waals surface area contributed by atoms with Gasteiger partial charge in [-0.1, -0.05) is 128 Å². The Hall–Kier alpha value is -6.55. The molecule has 0 spiro atoms. The van der Waals surface area contributed by atoms with Gasteiger partial charge in [0.2, 0.25) is 11.8 Å². The predicted molar refractivity (Wildman–Crippen MR) is 264 cm³/mol. The second kappa shape index (κ2) is 28.3. The summed E-state index contributed by atoms with van der Waals surface area (Å²) in [5.74, 6) is -4.17. The van der Waals surface area contributed by atoms with E-state index in [1.165, 1.54) is 4.90 Å². The van der Waals surface area contributed by atoms with Crippen molar-refractivity contribution in [2.45, 2.75) is 121 Å². The Kier molecular flexibility index (Phi) is 21.5. The van der Waals surface area contributed by atoms with Crippen molar-refractivity contribution in [2.75, 3.05) is 19.6 Å². The molecule has 4 aromatic carbocycles. The lowest BCUT2D eigenvalue weighted by molar-refractivity contribution is -0.156. The maximum Gasteiger partial charge on any atom is 0.407 e. The molecule has 18 heteroatoms. The molecule has 6 rings (SSSR count). The third-order valence-electron chi connectivity index (χ3n) is 12.4. The summed E-state index contributed by atoms with van der Waals surface area (Å²) in [6.07, 6.45) is 1.55. The highest BCUT2D eigenvalue weighted by Crippen LogP contribution is 2.50. The first kappa shape index (κ1) is 53.8. The molecule has 17 nitrogen and oxygen atoms in total. The molecule has 1 heterocycles. The topological polar surface area (TPSA) is 228 Å². The Morgan fingerprint density at radius 2 is 1.10 bits per heavy atom. The summed E-state index contributed by atoms with van der Waals surface area (Å²) in [7, 11) is -5.00. The lowest BCUT2D eigenvalue weighted by atomic mass is 9.84. The van der Waals surface area contributed by atoms with Crippen LogP contribution in [0.2, 0.25) is 0 Å². The Labute approximate surface area is 415 Å². The molecule has 1 aliphatic heterocycles. The zero-order chi connectivity index (χ0) is 50.3. The first-order valence-electron chi connectivity index (χ1n) is 24.5. The second-order valence-electron chi connectivity index (χ2n) is 17.8. The average Bonchev–Trinajstić information content (AvgIpc) is 3.86. The van der Waals surface area contributed by atoms with Crippen LogP contribution in [0.1, 0.15) is 92.9 Å². The molecule has 1 saturated carbocycles. The SMILES string of the molecule is O=C(NCCCC[C@H](NC(=O)C1CCC1)C(=O)NC(Cc1ccccc1)P(=O)(O)O[C@@H](CCCCNC(=O)OCc1ccccc1)C(=O)N1CCC[C@H]1C(=O)OCc1ccccc1)OCc1ccccc1. The quantitative estimate of drug-likeness (QED) is 0.0170. The van der Waals surface area contributed by atoms with E-state index in [1.807, 2.05) is 91.0 Å². The Balaban J connectivity index is 1.13. The minimum Gasteiger partial charge on any atom is -0.459 e. The van der Waals surface area contributed by atoms with Gasteiger partial charge >= 0.3 is 25.8 Å². The Bertz CT molecular complexity index is 2360. The summed E-state index contributed by atoms with van der Waals surface area (Å²) >= 11 is 0. The van der Waals surface area contributed by atoms with E-state index in [-0.39, 0.29) is 77.0 Å². The molecule has 5 amide bonds. The molecule has 4 aromatic rings. The summed E-state index contributed by atoms with van der Waals surface area (Å²) in [6.45, 7) is 0.751. The number of amides is 5. The maximum absolute atomic E-state index is 14.8. The molecule has 5 N–H and O–H groups in total. The van der Waals surface area contributed by atoms with Crippen LogP contribution in [0.4, 0.5) is 9.59 Å². The fraction of sp³-hybridized carbons (Fsp3) is 0.434. The number of hydrogen-bond acceptors (Lipinski definition) is 11. The molecule has 5 atom stereocenters. The molecule has 1 aliphatic carbocycles. The molecule has 2 aliphatic rings.